The third kappa shape index (κ3) is 2.27. The fraction of sp³-hybridized carbons (Fsp3) is 0.417. The number of hydrogen-bond acceptors (Lipinski definition) is 3. The Morgan fingerprint density at radius 1 is 1.62 bits per heavy atom. The van der Waals surface area contributed by atoms with Crippen LogP contribution in [0.1, 0.15) is 12.5 Å². The van der Waals surface area contributed by atoms with Crippen LogP contribution < -0.4 is 10.1 Å². The van der Waals surface area contributed by atoms with Gasteiger partial charge in [-0.15, -0.1) is 0 Å². The van der Waals surface area contributed by atoms with Crippen molar-refractivity contribution in [2.75, 3.05) is 18.5 Å². The second-order valence-electron chi connectivity index (χ2n) is 4.04. The van der Waals surface area contributed by atoms with Crippen molar-refractivity contribution >= 4 is 11.7 Å². The minimum Gasteiger partial charge on any atom is -0.493 e. The van der Waals surface area contributed by atoms with Gasteiger partial charge in [-0.05, 0) is 23.8 Å². The molecule has 2 rings (SSSR count). The van der Waals surface area contributed by atoms with Gasteiger partial charge in [-0.2, -0.15) is 0 Å². The number of benzene rings is 1. The third-order valence-electron chi connectivity index (χ3n) is 2.72. The average molecular weight is 221 g/mol. The summed E-state index contributed by atoms with van der Waals surface area (Å²) in [6.45, 7) is 2.87. The number of anilines is 1. The molecule has 4 nitrogen and oxygen atoms in total. The Hall–Kier alpha value is -1.71. The van der Waals surface area contributed by atoms with Gasteiger partial charge in [0.25, 0.3) is 0 Å². The normalized spacial score (nSPS) is 15.1. The Labute approximate surface area is 94.2 Å². The van der Waals surface area contributed by atoms with Crippen LogP contribution in [-0.4, -0.2) is 24.2 Å². The highest BCUT2D eigenvalue weighted by atomic mass is 16.5. The van der Waals surface area contributed by atoms with Crippen LogP contribution in [0.3, 0.4) is 0 Å². The number of ether oxygens (including phenoxy) is 1. The summed E-state index contributed by atoms with van der Waals surface area (Å²) >= 11 is 0. The summed E-state index contributed by atoms with van der Waals surface area (Å²) in [6, 6.07) is 5.87. The minimum absolute atomic E-state index is 0.385. The highest BCUT2D eigenvalue weighted by Crippen LogP contribution is 2.27. The summed E-state index contributed by atoms with van der Waals surface area (Å²) in [4.78, 5) is 10.6. The minimum atomic E-state index is -0.781. The number of aliphatic carboxylic acids is 1. The average Bonchev–Trinajstić information content (AvgIpc) is 2.72. The molecule has 0 aliphatic carbocycles. The van der Waals surface area contributed by atoms with E-state index in [1.54, 1.807) is 6.92 Å². The van der Waals surface area contributed by atoms with Crippen molar-refractivity contribution in [2.45, 2.75) is 13.3 Å². The van der Waals surface area contributed by atoms with Gasteiger partial charge < -0.3 is 15.2 Å². The van der Waals surface area contributed by atoms with Crippen LogP contribution in [0.5, 0.6) is 5.75 Å². The maximum atomic E-state index is 10.6. The quantitative estimate of drug-likeness (QED) is 0.813. The molecule has 1 unspecified atom stereocenters. The maximum Gasteiger partial charge on any atom is 0.308 e. The van der Waals surface area contributed by atoms with E-state index in [4.69, 9.17) is 9.84 Å². The first kappa shape index (κ1) is 10.8. The van der Waals surface area contributed by atoms with Gasteiger partial charge in [0.1, 0.15) is 5.75 Å². The first-order chi connectivity index (χ1) is 7.66. The van der Waals surface area contributed by atoms with Gasteiger partial charge in [0.05, 0.1) is 12.5 Å². The van der Waals surface area contributed by atoms with Gasteiger partial charge in [0.2, 0.25) is 0 Å². The van der Waals surface area contributed by atoms with E-state index in [1.807, 2.05) is 18.2 Å². The van der Waals surface area contributed by atoms with Gasteiger partial charge in [0, 0.05) is 18.7 Å². The zero-order valence-corrected chi connectivity index (χ0v) is 9.19. The SMILES string of the molecule is CC(CNc1ccc2c(c1)CCO2)C(=O)O. The van der Waals surface area contributed by atoms with Crippen molar-refractivity contribution in [2.24, 2.45) is 5.92 Å². The first-order valence-electron chi connectivity index (χ1n) is 5.39. The molecule has 0 spiro atoms. The van der Waals surface area contributed by atoms with Crippen molar-refractivity contribution in [3.05, 3.63) is 23.8 Å². The number of nitrogens with one attached hydrogen (secondary N) is 1. The number of carboxylic acid groups (broad SMARTS) is 1. The van der Waals surface area contributed by atoms with Crippen LogP contribution in [-0.2, 0) is 11.2 Å². The summed E-state index contributed by atoms with van der Waals surface area (Å²) in [6.07, 6.45) is 0.930. The topological polar surface area (TPSA) is 58.6 Å². The van der Waals surface area contributed by atoms with Crippen LogP contribution in [0.15, 0.2) is 18.2 Å². The van der Waals surface area contributed by atoms with E-state index < -0.39 is 5.97 Å². The standard InChI is InChI=1S/C12H15NO3/c1-8(12(14)15)7-13-10-2-3-11-9(6-10)4-5-16-11/h2-3,6,8,13H,4-5,7H2,1H3,(H,14,15). The van der Waals surface area contributed by atoms with Crippen LogP contribution in [0.25, 0.3) is 0 Å². The molecule has 86 valence electrons. The third-order valence-corrected chi connectivity index (χ3v) is 2.72. The van der Waals surface area contributed by atoms with Crippen LogP contribution in [0.4, 0.5) is 5.69 Å². The van der Waals surface area contributed by atoms with Crippen LogP contribution >= 0.6 is 0 Å². The van der Waals surface area contributed by atoms with Crippen molar-refractivity contribution in [1.29, 1.82) is 0 Å². The molecular formula is C12H15NO3. The molecule has 1 aromatic carbocycles. The van der Waals surface area contributed by atoms with E-state index in [0.29, 0.717) is 6.54 Å². The van der Waals surface area contributed by atoms with E-state index in [-0.39, 0.29) is 5.92 Å². The van der Waals surface area contributed by atoms with Crippen molar-refractivity contribution < 1.29 is 14.6 Å². The van der Waals surface area contributed by atoms with Gasteiger partial charge >= 0.3 is 5.97 Å². The lowest BCUT2D eigenvalue weighted by atomic mass is 10.1. The number of fused-ring (bicyclic) bond motifs is 1. The predicted molar refractivity (Wildman–Crippen MR) is 60.9 cm³/mol. The lowest BCUT2D eigenvalue weighted by molar-refractivity contribution is -0.140. The Kier molecular flexibility index (Phi) is 2.99. The van der Waals surface area contributed by atoms with Gasteiger partial charge in [-0.3, -0.25) is 4.79 Å². The highest BCUT2D eigenvalue weighted by molar-refractivity contribution is 5.70. The fourth-order valence-corrected chi connectivity index (χ4v) is 1.65. The molecule has 0 saturated heterocycles. The van der Waals surface area contributed by atoms with Crippen LogP contribution in [0.2, 0.25) is 0 Å². The molecule has 1 heterocycles. The Morgan fingerprint density at radius 3 is 3.19 bits per heavy atom. The zero-order chi connectivity index (χ0) is 11.5. The molecule has 16 heavy (non-hydrogen) atoms. The second kappa shape index (κ2) is 4.43. The number of carboxylic acids is 1. The number of carbonyl (C=O) groups is 1. The molecule has 2 N–H and O–H groups in total. The second-order valence-corrected chi connectivity index (χ2v) is 4.04. The summed E-state index contributed by atoms with van der Waals surface area (Å²) in [7, 11) is 0. The van der Waals surface area contributed by atoms with Crippen molar-refractivity contribution in [3.63, 3.8) is 0 Å². The molecule has 1 aliphatic rings. The first-order valence-corrected chi connectivity index (χ1v) is 5.39. The molecule has 1 atom stereocenters. The van der Waals surface area contributed by atoms with Gasteiger partial charge in [0.15, 0.2) is 0 Å². The Bertz CT molecular complexity index is 403. The van der Waals surface area contributed by atoms with E-state index in [1.165, 1.54) is 5.56 Å². The van der Waals surface area contributed by atoms with E-state index in [0.717, 1.165) is 24.5 Å². The molecule has 0 bridgehead atoms. The number of hydrogen-bond donors (Lipinski definition) is 2. The van der Waals surface area contributed by atoms with Crippen LogP contribution in [0, 0.1) is 5.92 Å². The smallest absolute Gasteiger partial charge is 0.308 e. The Balaban J connectivity index is 1.98. The summed E-state index contributed by atoms with van der Waals surface area (Å²) in [5, 5.41) is 11.9. The number of rotatable bonds is 4. The summed E-state index contributed by atoms with van der Waals surface area (Å²) in [5.74, 6) is -0.224. The van der Waals surface area contributed by atoms with Gasteiger partial charge in [-0.25, -0.2) is 0 Å². The molecule has 0 radical (unpaired) electrons. The molecule has 1 aromatic rings. The van der Waals surface area contributed by atoms with Gasteiger partial charge in [-0.1, -0.05) is 6.92 Å². The lowest BCUT2D eigenvalue weighted by Crippen LogP contribution is -2.19. The Morgan fingerprint density at radius 2 is 2.44 bits per heavy atom. The molecule has 0 fully saturated rings. The van der Waals surface area contributed by atoms with E-state index in [2.05, 4.69) is 5.32 Å². The fourth-order valence-electron chi connectivity index (χ4n) is 1.65. The molecule has 0 saturated carbocycles. The lowest BCUT2D eigenvalue weighted by Gasteiger charge is -2.10. The largest absolute Gasteiger partial charge is 0.493 e. The van der Waals surface area contributed by atoms with Crippen molar-refractivity contribution in [3.8, 4) is 5.75 Å². The zero-order valence-electron chi connectivity index (χ0n) is 9.19. The molecular weight excluding hydrogens is 206 g/mol. The van der Waals surface area contributed by atoms with E-state index >= 15 is 0 Å². The maximum absolute atomic E-state index is 10.6. The summed E-state index contributed by atoms with van der Waals surface area (Å²) in [5.41, 5.74) is 2.14. The monoisotopic (exact) mass is 221 g/mol. The van der Waals surface area contributed by atoms with E-state index in [9.17, 15) is 4.79 Å². The molecule has 1 aliphatic heterocycles. The summed E-state index contributed by atoms with van der Waals surface area (Å²) < 4.78 is 5.40. The molecule has 0 amide bonds. The van der Waals surface area contributed by atoms with Crippen molar-refractivity contribution in [1.82, 2.24) is 0 Å². The molecule has 4 heteroatoms. The predicted octanol–water partition coefficient (Wildman–Crippen LogP) is 1.75. The molecule has 0 aromatic heterocycles. The highest BCUT2D eigenvalue weighted by Gasteiger charge is 2.13.